The predicted octanol–water partition coefficient (Wildman–Crippen LogP) is 0.903. The van der Waals surface area contributed by atoms with Gasteiger partial charge < -0.3 is 11.1 Å². The van der Waals surface area contributed by atoms with Gasteiger partial charge in [0.1, 0.15) is 0 Å². The van der Waals surface area contributed by atoms with E-state index >= 15 is 0 Å². The molecule has 6 heteroatoms. The summed E-state index contributed by atoms with van der Waals surface area (Å²) in [6, 6.07) is 8.68. The molecule has 0 spiro atoms. The van der Waals surface area contributed by atoms with E-state index in [0.717, 1.165) is 5.56 Å². The van der Waals surface area contributed by atoms with Crippen LogP contribution in [0.1, 0.15) is 6.92 Å². The van der Waals surface area contributed by atoms with Gasteiger partial charge in [-0.05, 0) is 17.7 Å². The molecule has 19 heavy (non-hydrogen) atoms. The summed E-state index contributed by atoms with van der Waals surface area (Å²) >= 11 is 0. The molecule has 0 saturated heterocycles. The Labute approximate surface area is 110 Å². The number of nitrogens with one attached hydrogen (secondary N) is 3. The smallest absolute Gasteiger partial charge is 0.264 e. The second kappa shape index (κ2) is 5.53. The number of carbonyl (C=O) groups is 1. The molecule has 2 aromatic rings. The summed E-state index contributed by atoms with van der Waals surface area (Å²) in [5, 5.41) is 8.02. The summed E-state index contributed by atoms with van der Waals surface area (Å²) in [6.45, 7) is 2.09. The molecule has 0 aliphatic heterocycles. The van der Waals surface area contributed by atoms with Crippen molar-refractivity contribution in [3.8, 4) is 11.3 Å². The molecule has 1 amide bonds. The van der Waals surface area contributed by atoms with Crippen molar-refractivity contribution in [2.45, 2.75) is 6.92 Å². The zero-order chi connectivity index (χ0) is 13.8. The quantitative estimate of drug-likeness (QED) is 0.656. The molecule has 6 nitrogen and oxygen atoms in total. The third-order valence-electron chi connectivity index (χ3n) is 2.86. The first-order chi connectivity index (χ1) is 9.10. The minimum Gasteiger partial charge on any atom is -0.330 e. The molecule has 0 aliphatic rings. The second-order valence-electron chi connectivity index (χ2n) is 4.38. The molecular formula is C13H16N4O2. The summed E-state index contributed by atoms with van der Waals surface area (Å²) in [5.74, 6) is -0.328. The zero-order valence-corrected chi connectivity index (χ0v) is 10.6. The molecule has 1 heterocycles. The van der Waals surface area contributed by atoms with Crippen molar-refractivity contribution < 1.29 is 4.79 Å². The van der Waals surface area contributed by atoms with Crippen molar-refractivity contribution >= 4 is 11.6 Å². The van der Waals surface area contributed by atoms with E-state index in [2.05, 4.69) is 15.5 Å². The lowest BCUT2D eigenvalue weighted by atomic mass is 10.1. The van der Waals surface area contributed by atoms with Crippen LogP contribution >= 0.6 is 0 Å². The van der Waals surface area contributed by atoms with Crippen molar-refractivity contribution in [3.63, 3.8) is 0 Å². The van der Waals surface area contributed by atoms with Crippen LogP contribution in [0.3, 0.4) is 0 Å². The number of carbonyl (C=O) groups excluding carboxylic acids is 1. The van der Waals surface area contributed by atoms with Crippen molar-refractivity contribution in [1.82, 2.24) is 10.2 Å². The van der Waals surface area contributed by atoms with Crippen molar-refractivity contribution in [1.29, 1.82) is 0 Å². The highest BCUT2D eigenvalue weighted by Gasteiger charge is 2.10. The molecule has 1 aromatic carbocycles. The minimum absolute atomic E-state index is 0.106. The van der Waals surface area contributed by atoms with E-state index < -0.39 is 0 Å². The average molecular weight is 260 g/mol. The SMILES string of the molecule is CC(CN)C(=O)Nc1ccc(-c2cc(=O)[nH][nH]2)cc1. The van der Waals surface area contributed by atoms with E-state index in [1.807, 2.05) is 12.1 Å². The monoisotopic (exact) mass is 260 g/mol. The van der Waals surface area contributed by atoms with E-state index in [0.29, 0.717) is 17.9 Å². The fourth-order valence-corrected chi connectivity index (χ4v) is 1.59. The normalized spacial score (nSPS) is 12.1. The van der Waals surface area contributed by atoms with Gasteiger partial charge >= 0.3 is 0 Å². The molecule has 0 saturated carbocycles. The Kier molecular flexibility index (Phi) is 3.82. The molecule has 0 fully saturated rings. The van der Waals surface area contributed by atoms with Crippen molar-refractivity contribution in [2.75, 3.05) is 11.9 Å². The van der Waals surface area contributed by atoms with Gasteiger partial charge in [0.25, 0.3) is 5.56 Å². The molecule has 0 aliphatic carbocycles. The van der Waals surface area contributed by atoms with Crippen LogP contribution in [0.4, 0.5) is 5.69 Å². The van der Waals surface area contributed by atoms with E-state index in [1.54, 1.807) is 19.1 Å². The Hall–Kier alpha value is -2.34. The van der Waals surface area contributed by atoms with Gasteiger partial charge in [-0.2, -0.15) is 0 Å². The Morgan fingerprint density at radius 3 is 2.53 bits per heavy atom. The summed E-state index contributed by atoms with van der Waals surface area (Å²) in [4.78, 5) is 22.7. The molecule has 0 radical (unpaired) electrons. The number of H-pyrrole nitrogens is 2. The van der Waals surface area contributed by atoms with Gasteiger partial charge in [0.2, 0.25) is 5.91 Å². The van der Waals surface area contributed by atoms with Gasteiger partial charge in [-0.25, -0.2) is 0 Å². The lowest BCUT2D eigenvalue weighted by Gasteiger charge is -2.10. The number of nitrogens with two attached hydrogens (primary N) is 1. The number of aromatic amines is 2. The number of aromatic nitrogens is 2. The number of hydrogen-bond donors (Lipinski definition) is 4. The van der Waals surface area contributed by atoms with Crippen LogP contribution in [-0.2, 0) is 4.79 Å². The molecule has 5 N–H and O–H groups in total. The van der Waals surface area contributed by atoms with Crippen LogP contribution in [0.5, 0.6) is 0 Å². The largest absolute Gasteiger partial charge is 0.330 e. The fraction of sp³-hybridized carbons (Fsp3) is 0.231. The van der Waals surface area contributed by atoms with Crippen molar-refractivity contribution in [3.05, 3.63) is 40.7 Å². The standard InChI is InChI=1S/C13H16N4O2/c1-8(7-14)13(19)15-10-4-2-9(3-5-10)11-6-12(18)17-16-11/h2-6,8H,7,14H2,1H3,(H,15,19)(H2,16,17,18). The topological polar surface area (TPSA) is 104 Å². The summed E-state index contributed by atoms with van der Waals surface area (Å²) in [5.41, 5.74) is 7.53. The average Bonchev–Trinajstić information content (AvgIpc) is 2.85. The van der Waals surface area contributed by atoms with Gasteiger partial charge in [-0.15, -0.1) is 0 Å². The Bertz CT molecular complexity index is 612. The molecule has 1 unspecified atom stereocenters. The van der Waals surface area contributed by atoms with Crippen LogP contribution in [0.2, 0.25) is 0 Å². The number of anilines is 1. The maximum Gasteiger partial charge on any atom is 0.264 e. The highest BCUT2D eigenvalue weighted by atomic mass is 16.2. The molecule has 2 rings (SSSR count). The van der Waals surface area contributed by atoms with E-state index in [4.69, 9.17) is 5.73 Å². The number of benzene rings is 1. The van der Waals surface area contributed by atoms with E-state index in [9.17, 15) is 9.59 Å². The maximum absolute atomic E-state index is 11.7. The molecule has 100 valence electrons. The van der Waals surface area contributed by atoms with Crippen LogP contribution in [0.15, 0.2) is 35.1 Å². The van der Waals surface area contributed by atoms with Crippen LogP contribution in [0, 0.1) is 5.92 Å². The summed E-state index contributed by atoms with van der Waals surface area (Å²) in [6.07, 6.45) is 0. The lowest BCUT2D eigenvalue weighted by molar-refractivity contribution is -0.119. The fourth-order valence-electron chi connectivity index (χ4n) is 1.59. The highest BCUT2D eigenvalue weighted by molar-refractivity contribution is 5.92. The maximum atomic E-state index is 11.7. The molecule has 0 bridgehead atoms. The molecular weight excluding hydrogens is 244 g/mol. The Balaban J connectivity index is 2.11. The summed E-state index contributed by atoms with van der Waals surface area (Å²) < 4.78 is 0. The summed E-state index contributed by atoms with van der Waals surface area (Å²) in [7, 11) is 0. The lowest BCUT2D eigenvalue weighted by Crippen LogP contribution is -2.26. The molecule has 1 aromatic heterocycles. The number of hydrogen-bond acceptors (Lipinski definition) is 3. The van der Waals surface area contributed by atoms with Gasteiger partial charge in [0.15, 0.2) is 0 Å². The van der Waals surface area contributed by atoms with Crippen LogP contribution in [0.25, 0.3) is 11.3 Å². The van der Waals surface area contributed by atoms with Gasteiger partial charge in [0.05, 0.1) is 5.69 Å². The third kappa shape index (κ3) is 3.11. The first kappa shape index (κ1) is 13.1. The predicted molar refractivity (Wildman–Crippen MR) is 73.7 cm³/mol. The van der Waals surface area contributed by atoms with E-state index in [-0.39, 0.29) is 17.4 Å². The van der Waals surface area contributed by atoms with Crippen LogP contribution < -0.4 is 16.6 Å². The Morgan fingerprint density at radius 1 is 1.32 bits per heavy atom. The number of amides is 1. The van der Waals surface area contributed by atoms with E-state index in [1.165, 1.54) is 6.07 Å². The minimum atomic E-state index is -0.222. The first-order valence-corrected chi connectivity index (χ1v) is 5.99. The van der Waals surface area contributed by atoms with Gasteiger partial charge in [-0.1, -0.05) is 19.1 Å². The van der Waals surface area contributed by atoms with Crippen LogP contribution in [-0.4, -0.2) is 22.6 Å². The van der Waals surface area contributed by atoms with Crippen molar-refractivity contribution in [2.24, 2.45) is 11.7 Å². The third-order valence-corrected chi connectivity index (χ3v) is 2.86. The first-order valence-electron chi connectivity index (χ1n) is 5.99. The zero-order valence-electron chi connectivity index (χ0n) is 10.6. The second-order valence-corrected chi connectivity index (χ2v) is 4.38. The van der Waals surface area contributed by atoms with Gasteiger partial charge in [-0.3, -0.25) is 19.8 Å². The Morgan fingerprint density at radius 2 is 2.00 bits per heavy atom. The van der Waals surface area contributed by atoms with Gasteiger partial charge in [0, 0.05) is 24.2 Å². The number of rotatable bonds is 4. The molecule has 1 atom stereocenters. The highest BCUT2D eigenvalue weighted by Crippen LogP contribution is 2.18.